The third-order valence-corrected chi connectivity index (χ3v) is 4.33. The standard InChI is InChI=1S/C17H22N4O/c1-11-7-8-12(2)15(9-11)21-16(18)14(10-19-21)17(22)20-13-5-3-4-6-13/h7-10,13H,3-6,18H2,1-2H3,(H,20,22). The van der Waals surface area contributed by atoms with Crippen molar-refractivity contribution in [3.05, 3.63) is 41.1 Å². The van der Waals surface area contributed by atoms with Gasteiger partial charge in [-0.1, -0.05) is 25.0 Å². The molecule has 0 unspecified atom stereocenters. The molecule has 1 amide bonds. The maximum atomic E-state index is 12.4. The number of aryl methyl sites for hydroxylation is 2. The summed E-state index contributed by atoms with van der Waals surface area (Å²) in [6.07, 6.45) is 6.03. The highest BCUT2D eigenvalue weighted by Crippen LogP contribution is 2.22. The van der Waals surface area contributed by atoms with Crippen LogP contribution in [0.15, 0.2) is 24.4 Å². The zero-order valence-electron chi connectivity index (χ0n) is 13.1. The lowest BCUT2D eigenvalue weighted by atomic mass is 10.1. The molecule has 0 atom stereocenters. The SMILES string of the molecule is Cc1ccc(C)c(-n2ncc(C(=O)NC3CCCC3)c2N)c1. The molecule has 3 rings (SSSR count). The molecule has 1 aliphatic rings. The summed E-state index contributed by atoms with van der Waals surface area (Å²) in [7, 11) is 0. The first kappa shape index (κ1) is 14.6. The summed E-state index contributed by atoms with van der Waals surface area (Å²) in [4.78, 5) is 12.4. The molecular weight excluding hydrogens is 276 g/mol. The number of anilines is 1. The minimum Gasteiger partial charge on any atom is -0.383 e. The van der Waals surface area contributed by atoms with Crippen molar-refractivity contribution < 1.29 is 4.79 Å². The molecule has 3 N–H and O–H groups in total. The Bertz CT molecular complexity index is 699. The molecule has 5 heteroatoms. The molecule has 0 radical (unpaired) electrons. The van der Waals surface area contributed by atoms with Crippen LogP contribution in [0.25, 0.3) is 5.69 Å². The van der Waals surface area contributed by atoms with Gasteiger partial charge in [0.1, 0.15) is 11.4 Å². The lowest BCUT2D eigenvalue weighted by Gasteiger charge is -2.12. The van der Waals surface area contributed by atoms with Gasteiger partial charge in [-0.15, -0.1) is 0 Å². The molecule has 0 saturated heterocycles. The molecule has 1 aromatic carbocycles. The van der Waals surface area contributed by atoms with Gasteiger partial charge in [0.2, 0.25) is 0 Å². The third-order valence-electron chi connectivity index (χ3n) is 4.33. The Labute approximate surface area is 130 Å². The second-order valence-electron chi connectivity index (χ2n) is 6.10. The average Bonchev–Trinajstić information content (AvgIpc) is 3.11. The van der Waals surface area contributed by atoms with Crippen molar-refractivity contribution in [3.8, 4) is 5.69 Å². The first-order valence-electron chi connectivity index (χ1n) is 7.78. The molecule has 1 saturated carbocycles. The number of rotatable bonds is 3. The van der Waals surface area contributed by atoms with Crippen molar-refractivity contribution in [2.45, 2.75) is 45.6 Å². The molecule has 1 aliphatic carbocycles. The van der Waals surface area contributed by atoms with Crippen LogP contribution in [0.4, 0.5) is 5.82 Å². The van der Waals surface area contributed by atoms with Gasteiger partial charge in [-0.3, -0.25) is 4.79 Å². The van der Waals surface area contributed by atoms with Crippen molar-refractivity contribution in [2.75, 3.05) is 5.73 Å². The molecule has 0 bridgehead atoms. The Kier molecular flexibility index (Phi) is 3.88. The van der Waals surface area contributed by atoms with Crippen LogP contribution in [0.3, 0.4) is 0 Å². The van der Waals surface area contributed by atoms with Crippen LogP contribution in [0.1, 0.15) is 47.2 Å². The highest BCUT2D eigenvalue weighted by molar-refractivity contribution is 5.98. The lowest BCUT2D eigenvalue weighted by Crippen LogP contribution is -2.32. The highest BCUT2D eigenvalue weighted by Gasteiger charge is 2.22. The van der Waals surface area contributed by atoms with Crippen LogP contribution in [-0.4, -0.2) is 21.7 Å². The molecule has 5 nitrogen and oxygen atoms in total. The van der Waals surface area contributed by atoms with E-state index in [1.54, 1.807) is 10.9 Å². The van der Waals surface area contributed by atoms with Gasteiger partial charge in [0.15, 0.2) is 0 Å². The molecule has 0 spiro atoms. The van der Waals surface area contributed by atoms with Crippen molar-refractivity contribution in [1.29, 1.82) is 0 Å². The predicted octanol–water partition coefficient (Wildman–Crippen LogP) is 2.74. The van der Waals surface area contributed by atoms with Crippen LogP contribution in [0, 0.1) is 13.8 Å². The van der Waals surface area contributed by atoms with Crippen LogP contribution in [-0.2, 0) is 0 Å². The second kappa shape index (κ2) is 5.83. The van der Waals surface area contributed by atoms with E-state index in [-0.39, 0.29) is 11.9 Å². The van der Waals surface area contributed by atoms with Gasteiger partial charge in [-0.05, 0) is 43.9 Å². The van der Waals surface area contributed by atoms with E-state index >= 15 is 0 Å². The van der Waals surface area contributed by atoms with E-state index < -0.39 is 0 Å². The highest BCUT2D eigenvalue weighted by atomic mass is 16.1. The fourth-order valence-electron chi connectivity index (χ4n) is 3.01. The fraction of sp³-hybridized carbons (Fsp3) is 0.412. The number of hydrogen-bond acceptors (Lipinski definition) is 3. The zero-order chi connectivity index (χ0) is 15.7. The number of amides is 1. The molecule has 1 fully saturated rings. The van der Waals surface area contributed by atoms with E-state index in [9.17, 15) is 4.79 Å². The van der Waals surface area contributed by atoms with Crippen LogP contribution < -0.4 is 11.1 Å². The van der Waals surface area contributed by atoms with Crippen molar-refractivity contribution in [1.82, 2.24) is 15.1 Å². The Morgan fingerprint density at radius 3 is 2.77 bits per heavy atom. The molecule has 0 aliphatic heterocycles. The maximum absolute atomic E-state index is 12.4. The number of carbonyl (C=O) groups is 1. The van der Waals surface area contributed by atoms with E-state index in [1.165, 1.54) is 12.8 Å². The van der Waals surface area contributed by atoms with E-state index in [0.717, 1.165) is 29.7 Å². The van der Waals surface area contributed by atoms with Gasteiger partial charge in [-0.25, -0.2) is 4.68 Å². The quantitative estimate of drug-likeness (QED) is 0.915. The normalized spacial score (nSPS) is 15.2. The van der Waals surface area contributed by atoms with Crippen LogP contribution >= 0.6 is 0 Å². The van der Waals surface area contributed by atoms with Gasteiger partial charge in [0, 0.05) is 6.04 Å². The second-order valence-corrected chi connectivity index (χ2v) is 6.10. The Hall–Kier alpha value is -2.30. The first-order valence-corrected chi connectivity index (χ1v) is 7.78. The summed E-state index contributed by atoms with van der Waals surface area (Å²) < 4.78 is 1.64. The zero-order valence-corrected chi connectivity index (χ0v) is 13.1. The number of nitrogens with one attached hydrogen (secondary N) is 1. The molecule has 22 heavy (non-hydrogen) atoms. The summed E-state index contributed by atoms with van der Waals surface area (Å²) in [6, 6.07) is 6.38. The number of hydrogen-bond donors (Lipinski definition) is 2. The van der Waals surface area contributed by atoms with Gasteiger partial charge in [-0.2, -0.15) is 5.10 Å². The Morgan fingerprint density at radius 1 is 1.32 bits per heavy atom. The average molecular weight is 298 g/mol. The van der Waals surface area contributed by atoms with Crippen molar-refractivity contribution in [2.24, 2.45) is 0 Å². The van der Waals surface area contributed by atoms with E-state index in [1.807, 2.05) is 32.0 Å². The molecule has 1 aromatic heterocycles. The summed E-state index contributed by atoms with van der Waals surface area (Å²) in [5.41, 5.74) is 9.74. The molecule has 116 valence electrons. The summed E-state index contributed by atoms with van der Waals surface area (Å²) in [5, 5.41) is 7.37. The largest absolute Gasteiger partial charge is 0.383 e. The molecule has 1 heterocycles. The van der Waals surface area contributed by atoms with Crippen LogP contribution in [0.2, 0.25) is 0 Å². The number of carbonyl (C=O) groups excluding carboxylic acids is 1. The van der Waals surface area contributed by atoms with Gasteiger partial charge in [0.25, 0.3) is 5.91 Å². The number of nitrogens with zero attached hydrogens (tertiary/aromatic N) is 2. The minimum atomic E-state index is -0.124. The third kappa shape index (κ3) is 2.71. The number of aromatic nitrogens is 2. The van der Waals surface area contributed by atoms with Gasteiger partial charge < -0.3 is 11.1 Å². The fourth-order valence-corrected chi connectivity index (χ4v) is 3.01. The molecular formula is C17H22N4O. The Balaban J connectivity index is 1.88. The van der Waals surface area contributed by atoms with Gasteiger partial charge in [0.05, 0.1) is 11.9 Å². The monoisotopic (exact) mass is 298 g/mol. The number of nitrogen functional groups attached to an aromatic ring is 1. The first-order chi connectivity index (χ1) is 10.6. The molecule has 2 aromatic rings. The van der Waals surface area contributed by atoms with E-state index in [0.29, 0.717) is 11.4 Å². The van der Waals surface area contributed by atoms with Gasteiger partial charge >= 0.3 is 0 Å². The Morgan fingerprint density at radius 2 is 2.05 bits per heavy atom. The summed E-state index contributed by atoms with van der Waals surface area (Å²) >= 11 is 0. The lowest BCUT2D eigenvalue weighted by molar-refractivity contribution is 0.0939. The van der Waals surface area contributed by atoms with E-state index in [4.69, 9.17) is 5.73 Å². The number of nitrogens with two attached hydrogens (primary N) is 1. The predicted molar refractivity (Wildman–Crippen MR) is 87.2 cm³/mol. The minimum absolute atomic E-state index is 0.124. The smallest absolute Gasteiger partial charge is 0.256 e. The van der Waals surface area contributed by atoms with Crippen molar-refractivity contribution in [3.63, 3.8) is 0 Å². The summed E-state index contributed by atoms with van der Waals surface area (Å²) in [5.74, 6) is 0.269. The van der Waals surface area contributed by atoms with Crippen LogP contribution in [0.5, 0.6) is 0 Å². The topological polar surface area (TPSA) is 72.9 Å². The summed E-state index contributed by atoms with van der Waals surface area (Å²) in [6.45, 7) is 4.03. The maximum Gasteiger partial charge on any atom is 0.256 e. The van der Waals surface area contributed by atoms with E-state index in [2.05, 4.69) is 10.4 Å². The number of benzene rings is 1. The van der Waals surface area contributed by atoms with Crippen molar-refractivity contribution >= 4 is 11.7 Å².